The van der Waals surface area contributed by atoms with Gasteiger partial charge in [0.15, 0.2) is 5.82 Å². The molecule has 1 aliphatic heterocycles. The molecule has 0 bridgehead atoms. The van der Waals surface area contributed by atoms with Crippen LogP contribution in [-0.2, 0) is 0 Å². The molecule has 2 heterocycles. The fraction of sp³-hybridized carbons (Fsp3) is 0.615. The van der Waals surface area contributed by atoms with Gasteiger partial charge >= 0.3 is 6.09 Å². The van der Waals surface area contributed by atoms with Gasteiger partial charge in [-0.2, -0.15) is 4.98 Å². The largest absolute Gasteiger partial charge is 0.465 e. The third-order valence-corrected chi connectivity index (χ3v) is 5.02. The molecule has 2 atom stereocenters. The lowest BCUT2D eigenvalue weighted by Gasteiger charge is -2.27. The minimum absolute atomic E-state index is 0.177. The first-order valence-electron chi connectivity index (χ1n) is 6.84. The van der Waals surface area contributed by atoms with Crippen LogP contribution < -0.4 is 4.90 Å². The minimum Gasteiger partial charge on any atom is -0.465 e. The summed E-state index contributed by atoms with van der Waals surface area (Å²) >= 11 is 12.0. The zero-order chi connectivity index (χ0) is 15.1. The number of likely N-dealkylation sites (tertiary alicyclic amines) is 1. The Morgan fingerprint density at radius 2 is 2.00 bits per heavy atom. The second kappa shape index (κ2) is 5.50. The lowest BCUT2D eigenvalue weighted by atomic mass is 10.0. The third kappa shape index (κ3) is 2.74. The summed E-state index contributed by atoms with van der Waals surface area (Å²) in [4.78, 5) is 22.6. The van der Waals surface area contributed by atoms with Crippen LogP contribution in [0.3, 0.4) is 0 Å². The average Bonchev–Trinajstić information content (AvgIpc) is 2.99. The first-order valence-corrected chi connectivity index (χ1v) is 7.60. The Labute approximate surface area is 132 Å². The molecular formula is C13H16Cl2N4O2. The standard InChI is InChI=1S/C13H16Cl2N4O2/c1-18(11-10(14)4-16-12(15)17-11)9-2-7-5-19(13(20)21)6-8(7)3-9/h4,7-9H,2-3,5-6H2,1H3,(H,20,21). The van der Waals surface area contributed by atoms with Crippen LogP contribution in [0.1, 0.15) is 12.8 Å². The summed E-state index contributed by atoms with van der Waals surface area (Å²) in [6.07, 6.45) is 2.58. The number of aromatic nitrogens is 2. The Bertz CT molecular complexity index is 557. The second-order valence-electron chi connectivity index (χ2n) is 5.75. The second-order valence-corrected chi connectivity index (χ2v) is 6.50. The number of anilines is 1. The number of carboxylic acid groups (broad SMARTS) is 1. The van der Waals surface area contributed by atoms with E-state index >= 15 is 0 Å². The van der Waals surface area contributed by atoms with Crippen LogP contribution >= 0.6 is 23.2 Å². The van der Waals surface area contributed by atoms with E-state index in [1.54, 1.807) is 0 Å². The SMILES string of the molecule is CN(c1nc(Cl)ncc1Cl)C1CC2CN(C(=O)O)CC2C1. The number of amides is 1. The monoisotopic (exact) mass is 330 g/mol. The smallest absolute Gasteiger partial charge is 0.407 e. The van der Waals surface area contributed by atoms with E-state index in [0.29, 0.717) is 41.8 Å². The first kappa shape index (κ1) is 14.7. The molecule has 21 heavy (non-hydrogen) atoms. The molecule has 1 saturated carbocycles. The number of hydrogen-bond acceptors (Lipinski definition) is 4. The normalized spacial score (nSPS) is 27.8. The summed E-state index contributed by atoms with van der Waals surface area (Å²) in [6, 6.07) is 0.305. The topological polar surface area (TPSA) is 69.6 Å². The highest BCUT2D eigenvalue weighted by molar-refractivity contribution is 6.33. The third-order valence-electron chi connectivity index (χ3n) is 4.57. The number of nitrogens with zero attached hydrogens (tertiary/aromatic N) is 4. The molecule has 1 aromatic heterocycles. The first-order chi connectivity index (χ1) is 9.95. The fourth-order valence-corrected chi connectivity index (χ4v) is 3.85. The Hall–Kier alpha value is -1.27. The van der Waals surface area contributed by atoms with Gasteiger partial charge in [0.05, 0.1) is 6.20 Å². The van der Waals surface area contributed by atoms with Crippen molar-refractivity contribution < 1.29 is 9.90 Å². The number of hydrogen-bond donors (Lipinski definition) is 1. The van der Waals surface area contributed by atoms with Crippen molar-refractivity contribution in [3.63, 3.8) is 0 Å². The van der Waals surface area contributed by atoms with Crippen molar-refractivity contribution in [1.29, 1.82) is 0 Å². The molecule has 1 N–H and O–H groups in total. The van der Waals surface area contributed by atoms with E-state index in [4.69, 9.17) is 28.3 Å². The Morgan fingerprint density at radius 1 is 1.38 bits per heavy atom. The van der Waals surface area contributed by atoms with Gasteiger partial charge in [0.2, 0.25) is 5.28 Å². The van der Waals surface area contributed by atoms with Gasteiger partial charge in [-0.1, -0.05) is 11.6 Å². The lowest BCUT2D eigenvalue weighted by Crippen LogP contribution is -2.34. The lowest BCUT2D eigenvalue weighted by molar-refractivity contribution is 0.152. The highest BCUT2D eigenvalue weighted by Gasteiger charge is 2.43. The Balaban J connectivity index is 1.70. The molecule has 1 aliphatic carbocycles. The predicted octanol–water partition coefficient (Wildman–Crippen LogP) is 2.61. The van der Waals surface area contributed by atoms with Crippen molar-refractivity contribution >= 4 is 35.1 Å². The van der Waals surface area contributed by atoms with E-state index in [1.165, 1.54) is 11.1 Å². The molecule has 2 aliphatic rings. The summed E-state index contributed by atoms with van der Waals surface area (Å²) in [5, 5.41) is 9.71. The highest BCUT2D eigenvalue weighted by Crippen LogP contribution is 2.41. The van der Waals surface area contributed by atoms with Crippen LogP contribution in [0, 0.1) is 11.8 Å². The van der Waals surface area contributed by atoms with Gasteiger partial charge in [0.1, 0.15) is 5.02 Å². The number of fused-ring (bicyclic) bond motifs is 1. The molecule has 3 rings (SSSR count). The molecule has 0 spiro atoms. The number of rotatable bonds is 2. The van der Waals surface area contributed by atoms with E-state index in [0.717, 1.165) is 12.8 Å². The van der Waals surface area contributed by atoms with E-state index in [-0.39, 0.29) is 5.28 Å². The molecule has 2 unspecified atom stereocenters. The highest BCUT2D eigenvalue weighted by atomic mass is 35.5. The predicted molar refractivity (Wildman–Crippen MR) is 80.1 cm³/mol. The van der Waals surface area contributed by atoms with Gasteiger partial charge in [-0.25, -0.2) is 9.78 Å². The van der Waals surface area contributed by atoms with Gasteiger partial charge in [-0.15, -0.1) is 0 Å². The maximum Gasteiger partial charge on any atom is 0.407 e. The minimum atomic E-state index is -0.820. The van der Waals surface area contributed by atoms with Crippen molar-refractivity contribution in [2.75, 3.05) is 25.0 Å². The molecule has 114 valence electrons. The molecule has 1 amide bonds. The molecule has 0 aromatic carbocycles. The maximum atomic E-state index is 11.0. The molecule has 0 radical (unpaired) electrons. The Kier molecular flexibility index (Phi) is 3.84. The van der Waals surface area contributed by atoms with Crippen LogP contribution in [0.4, 0.5) is 10.6 Å². The zero-order valence-corrected chi connectivity index (χ0v) is 13.0. The van der Waals surface area contributed by atoms with Gasteiger partial charge < -0.3 is 14.9 Å². The molecule has 6 nitrogen and oxygen atoms in total. The van der Waals surface area contributed by atoms with Crippen molar-refractivity contribution in [2.45, 2.75) is 18.9 Å². The summed E-state index contributed by atoms with van der Waals surface area (Å²) in [5.41, 5.74) is 0. The van der Waals surface area contributed by atoms with Gasteiger partial charge in [0, 0.05) is 26.2 Å². The zero-order valence-electron chi connectivity index (χ0n) is 11.5. The van der Waals surface area contributed by atoms with E-state index < -0.39 is 6.09 Å². The summed E-state index contributed by atoms with van der Waals surface area (Å²) in [6.45, 7) is 1.26. The molecule has 2 fully saturated rings. The van der Waals surface area contributed by atoms with E-state index in [9.17, 15) is 4.79 Å². The van der Waals surface area contributed by atoms with Crippen molar-refractivity contribution in [2.24, 2.45) is 11.8 Å². The van der Waals surface area contributed by atoms with Crippen LogP contribution in [0.15, 0.2) is 6.20 Å². The van der Waals surface area contributed by atoms with Crippen LogP contribution in [0.5, 0.6) is 0 Å². The summed E-state index contributed by atoms with van der Waals surface area (Å²) in [7, 11) is 1.95. The summed E-state index contributed by atoms with van der Waals surface area (Å²) in [5.74, 6) is 1.48. The van der Waals surface area contributed by atoms with Gasteiger partial charge in [-0.3, -0.25) is 0 Å². The maximum absolute atomic E-state index is 11.0. The van der Waals surface area contributed by atoms with Gasteiger partial charge in [0.25, 0.3) is 0 Å². The molecule has 1 aromatic rings. The molecule has 1 saturated heterocycles. The van der Waals surface area contributed by atoms with Crippen molar-refractivity contribution in [3.05, 3.63) is 16.5 Å². The quantitative estimate of drug-likeness (QED) is 0.844. The average molecular weight is 331 g/mol. The summed E-state index contributed by atoms with van der Waals surface area (Å²) < 4.78 is 0. The van der Waals surface area contributed by atoms with Crippen LogP contribution in [0.2, 0.25) is 10.3 Å². The number of carbonyl (C=O) groups is 1. The fourth-order valence-electron chi connectivity index (χ4n) is 3.50. The molecule has 8 heteroatoms. The van der Waals surface area contributed by atoms with E-state index in [2.05, 4.69) is 9.97 Å². The Morgan fingerprint density at radius 3 is 2.57 bits per heavy atom. The van der Waals surface area contributed by atoms with Crippen LogP contribution in [0.25, 0.3) is 0 Å². The molecular weight excluding hydrogens is 315 g/mol. The van der Waals surface area contributed by atoms with E-state index in [1.807, 2.05) is 11.9 Å². The number of halogens is 2. The van der Waals surface area contributed by atoms with Crippen LogP contribution in [-0.4, -0.2) is 52.2 Å². The van der Waals surface area contributed by atoms with Crippen molar-refractivity contribution in [3.8, 4) is 0 Å². The van der Waals surface area contributed by atoms with Crippen molar-refractivity contribution in [1.82, 2.24) is 14.9 Å². The van der Waals surface area contributed by atoms with Gasteiger partial charge in [-0.05, 0) is 36.3 Å².